The zero-order valence-corrected chi connectivity index (χ0v) is 18.1. The standard InChI is InChI=1S/C24H41NO3/c1-3-4-5-6-7-8-9-10-11-12-19-25(2)20-21-28-23-16-13-22(14-17-23)15-18-24(26)27/h13-14,16-17H,3-12,15,18-21H2,1-2H3,(H,26,27). The van der Waals surface area contributed by atoms with Gasteiger partial charge in [-0.3, -0.25) is 4.79 Å². The highest BCUT2D eigenvalue weighted by Gasteiger charge is 2.02. The monoisotopic (exact) mass is 391 g/mol. The molecule has 28 heavy (non-hydrogen) atoms. The van der Waals surface area contributed by atoms with Gasteiger partial charge in [-0.05, 0) is 44.1 Å². The third kappa shape index (κ3) is 13.6. The Balaban J connectivity index is 1.97. The van der Waals surface area contributed by atoms with E-state index in [4.69, 9.17) is 9.84 Å². The van der Waals surface area contributed by atoms with E-state index in [1.54, 1.807) is 0 Å². The first kappa shape index (κ1) is 24.5. The van der Waals surface area contributed by atoms with Gasteiger partial charge in [-0.2, -0.15) is 0 Å². The van der Waals surface area contributed by atoms with Gasteiger partial charge in [0.05, 0.1) is 0 Å². The molecule has 1 N–H and O–H groups in total. The molecule has 0 spiro atoms. The van der Waals surface area contributed by atoms with Gasteiger partial charge >= 0.3 is 5.97 Å². The number of carboxylic acid groups (broad SMARTS) is 1. The summed E-state index contributed by atoms with van der Waals surface area (Å²) in [5, 5.41) is 8.72. The fourth-order valence-corrected chi connectivity index (χ4v) is 3.30. The third-order valence-corrected chi connectivity index (χ3v) is 5.19. The number of rotatable bonds is 18. The molecule has 0 saturated heterocycles. The fourth-order valence-electron chi connectivity index (χ4n) is 3.30. The van der Waals surface area contributed by atoms with Crippen LogP contribution in [0.2, 0.25) is 0 Å². The summed E-state index contributed by atoms with van der Waals surface area (Å²) in [7, 11) is 2.16. The van der Waals surface area contributed by atoms with Gasteiger partial charge in [0.25, 0.3) is 0 Å². The lowest BCUT2D eigenvalue weighted by Gasteiger charge is -2.17. The number of hydrogen-bond acceptors (Lipinski definition) is 3. The van der Waals surface area contributed by atoms with Crippen LogP contribution in [0.25, 0.3) is 0 Å². The molecule has 0 radical (unpaired) electrons. The molecule has 0 saturated carbocycles. The molecule has 160 valence electrons. The van der Waals surface area contributed by atoms with Gasteiger partial charge in [0.15, 0.2) is 0 Å². The summed E-state index contributed by atoms with van der Waals surface area (Å²) in [5.41, 5.74) is 1.04. The van der Waals surface area contributed by atoms with Crippen LogP contribution in [0.3, 0.4) is 0 Å². The van der Waals surface area contributed by atoms with E-state index in [0.717, 1.165) is 24.4 Å². The summed E-state index contributed by atoms with van der Waals surface area (Å²) in [5.74, 6) is 0.0946. The van der Waals surface area contributed by atoms with E-state index >= 15 is 0 Å². The Morgan fingerprint density at radius 1 is 0.893 bits per heavy atom. The van der Waals surface area contributed by atoms with E-state index in [2.05, 4.69) is 18.9 Å². The second-order valence-electron chi connectivity index (χ2n) is 7.87. The molecule has 1 rings (SSSR count). The van der Waals surface area contributed by atoms with Gasteiger partial charge in [0.2, 0.25) is 0 Å². The molecular weight excluding hydrogens is 350 g/mol. The predicted octanol–water partition coefficient (Wildman–Crippen LogP) is 5.94. The first-order chi connectivity index (χ1) is 13.6. The minimum absolute atomic E-state index is 0.171. The molecule has 0 bridgehead atoms. The average molecular weight is 392 g/mol. The number of benzene rings is 1. The van der Waals surface area contributed by atoms with Gasteiger partial charge in [0, 0.05) is 13.0 Å². The SMILES string of the molecule is CCCCCCCCCCCCN(C)CCOc1ccc(CCC(=O)O)cc1. The Kier molecular flexibility index (Phi) is 14.4. The summed E-state index contributed by atoms with van der Waals surface area (Å²) in [6.45, 7) is 5.02. The molecule has 4 heteroatoms. The van der Waals surface area contributed by atoms with Crippen molar-refractivity contribution in [1.29, 1.82) is 0 Å². The van der Waals surface area contributed by atoms with Crippen LogP contribution in [0.15, 0.2) is 24.3 Å². The number of ether oxygens (including phenoxy) is 1. The molecule has 0 aliphatic heterocycles. The first-order valence-electron chi connectivity index (χ1n) is 11.2. The summed E-state index contributed by atoms with van der Waals surface area (Å²) in [4.78, 5) is 12.9. The molecule has 0 amide bonds. The van der Waals surface area contributed by atoms with Crippen LogP contribution in [-0.4, -0.2) is 42.7 Å². The van der Waals surface area contributed by atoms with Crippen molar-refractivity contribution in [2.24, 2.45) is 0 Å². The highest BCUT2D eigenvalue weighted by atomic mass is 16.5. The number of aliphatic carboxylic acids is 1. The molecule has 4 nitrogen and oxygen atoms in total. The molecule has 0 aromatic heterocycles. The van der Waals surface area contributed by atoms with Crippen molar-refractivity contribution >= 4 is 5.97 Å². The Morgan fingerprint density at radius 2 is 1.46 bits per heavy atom. The largest absolute Gasteiger partial charge is 0.492 e. The molecule has 0 unspecified atom stereocenters. The number of aryl methyl sites for hydroxylation is 1. The summed E-state index contributed by atoms with van der Waals surface area (Å²) >= 11 is 0. The van der Waals surface area contributed by atoms with Gasteiger partial charge < -0.3 is 14.7 Å². The van der Waals surface area contributed by atoms with Gasteiger partial charge in [0.1, 0.15) is 12.4 Å². The van der Waals surface area contributed by atoms with Crippen LogP contribution in [0.4, 0.5) is 0 Å². The topological polar surface area (TPSA) is 49.8 Å². The second-order valence-corrected chi connectivity index (χ2v) is 7.87. The maximum atomic E-state index is 10.6. The van der Waals surface area contributed by atoms with E-state index in [0.29, 0.717) is 13.0 Å². The van der Waals surface area contributed by atoms with Crippen molar-refractivity contribution in [3.05, 3.63) is 29.8 Å². The Morgan fingerprint density at radius 3 is 2.04 bits per heavy atom. The van der Waals surface area contributed by atoms with Crippen LogP contribution in [-0.2, 0) is 11.2 Å². The van der Waals surface area contributed by atoms with Crippen molar-refractivity contribution in [2.75, 3.05) is 26.7 Å². The number of likely N-dealkylation sites (N-methyl/N-ethyl adjacent to an activating group) is 1. The molecule has 1 aromatic carbocycles. The fraction of sp³-hybridized carbons (Fsp3) is 0.708. The van der Waals surface area contributed by atoms with Crippen LogP contribution in [0.5, 0.6) is 5.75 Å². The van der Waals surface area contributed by atoms with E-state index in [-0.39, 0.29) is 6.42 Å². The molecule has 0 aliphatic carbocycles. The quantitative estimate of drug-likeness (QED) is 0.315. The Hall–Kier alpha value is -1.55. The number of hydrogen-bond donors (Lipinski definition) is 1. The zero-order chi connectivity index (χ0) is 20.5. The third-order valence-electron chi connectivity index (χ3n) is 5.19. The second kappa shape index (κ2) is 16.4. The summed E-state index contributed by atoms with van der Waals surface area (Å²) in [6.07, 6.45) is 14.5. The highest BCUT2D eigenvalue weighted by Crippen LogP contribution is 2.14. The van der Waals surface area contributed by atoms with E-state index in [9.17, 15) is 4.79 Å². The molecule has 0 heterocycles. The zero-order valence-electron chi connectivity index (χ0n) is 18.1. The van der Waals surface area contributed by atoms with Crippen molar-refractivity contribution in [2.45, 2.75) is 84.0 Å². The van der Waals surface area contributed by atoms with Crippen molar-refractivity contribution in [3.63, 3.8) is 0 Å². The Bertz CT molecular complexity index is 501. The maximum Gasteiger partial charge on any atom is 0.303 e. The van der Waals surface area contributed by atoms with Crippen LogP contribution in [0, 0.1) is 0 Å². The normalized spacial score (nSPS) is 11.1. The van der Waals surface area contributed by atoms with Crippen molar-refractivity contribution in [3.8, 4) is 5.75 Å². The van der Waals surface area contributed by atoms with Crippen molar-refractivity contribution in [1.82, 2.24) is 4.90 Å². The van der Waals surface area contributed by atoms with Gasteiger partial charge in [-0.15, -0.1) is 0 Å². The van der Waals surface area contributed by atoms with E-state index in [1.807, 2.05) is 24.3 Å². The van der Waals surface area contributed by atoms with E-state index in [1.165, 1.54) is 64.2 Å². The van der Waals surface area contributed by atoms with Crippen LogP contribution >= 0.6 is 0 Å². The smallest absolute Gasteiger partial charge is 0.303 e. The number of nitrogens with zero attached hydrogens (tertiary/aromatic N) is 1. The Labute approximate surface area is 172 Å². The lowest BCUT2D eigenvalue weighted by Crippen LogP contribution is -2.25. The molecule has 0 atom stereocenters. The number of unbranched alkanes of at least 4 members (excludes halogenated alkanes) is 9. The molecule has 0 aliphatic rings. The number of carboxylic acids is 1. The highest BCUT2D eigenvalue weighted by molar-refractivity contribution is 5.67. The first-order valence-corrected chi connectivity index (χ1v) is 11.2. The van der Waals surface area contributed by atoms with Gasteiger partial charge in [-0.1, -0.05) is 76.8 Å². The average Bonchev–Trinajstić information content (AvgIpc) is 2.68. The number of carbonyl (C=O) groups is 1. The molecule has 0 fully saturated rings. The lowest BCUT2D eigenvalue weighted by molar-refractivity contribution is -0.136. The predicted molar refractivity (Wildman–Crippen MR) is 117 cm³/mol. The van der Waals surface area contributed by atoms with Crippen LogP contribution in [0.1, 0.15) is 83.1 Å². The maximum absolute atomic E-state index is 10.6. The lowest BCUT2D eigenvalue weighted by atomic mass is 10.1. The summed E-state index contributed by atoms with van der Waals surface area (Å²) < 4.78 is 5.80. The van der Waals surface area contributed by atoms with Crippen molar-refractivity contribution < 1.29 is 14.6 Å². The molecular formula is C24H41NO3. The minimum Gasteiger partial charge on any atom is -0.492 e. The van der Waals surface area contributed by atoms with Crippen LogP contribution < -0.4 is 4.74 Å². The molecule has 1 aromatic rings. The summed E-state index contributed by atoms with van der Waals surface area (Å²) in [6, 6.07) is 7.76. The minimum atomic E-state index is -0.759. The van der Waals surface area contributed by atoms with E-state index < -0.39 is 5.97 Å². The van der Waals surface area contributed by atoms with Gasteiger partial charge in [-0.25, -0.2) is 0 Å².